The molecule has 2 rings (SSSR count). The summed E-state index contributed by atoms with van der Waals surface area (Å²) in [5, 5.41) is 3.29. The molecule has 1 aromatic carbocycles. The third kappa shape index (κ3) is 6.06. The van der Waals surface area contributed by atoms with E-state index in [2.05, 4.69) is 40.0 Å². The van der Waals surface area contributed by atoms with Crippen LogP contribution in [0.15, 0.2) is 22.7 Å². The first-order valence-electron chi connectivity index (χ1n) is 7.65. The summed E-state index contributed by atoms with van der Waals surface area (Å²) in [5.41, 5.74) is 0.165. The van der Waals surface area contributed by atoms with Crippen molar-refractivity contribution in [1.29, 1.82) is 0 Å². The molecule has 1 saturated heterocycles. The normalized spacial score (nSPS) is 18.2. The number of benzene rings is 1. The number of nitrogens with zero attached hydrogens (tertiary/aromatic N) is 1. The van der Waals surface area contributed by atoms with Gasteiger partial charge in [-0.1, -0.05) is 36.2 Å². The molecule has 2 nitrogen and oxygen atoms in total. The summed E-state index contributed by atoms with van der Waals surface area (Å²) in [6, 6.07) is 4.30. The molecule has 1 aliphatic rings. The second kappa shape index (κ2) is 10.2. The largest absolute Gasteiger partial charge is 0.416 e. The fraction of sp³-hybridized carbons (Fsp3) is 0.625. The molecule has 1 heterocycles. The molecule has 8 heteroatoms. The smallest absolute Gasteiger partial charge is 0.314 e. The van der Waals surface area contributed by atoms with E-state index in [-0.39, 0.29) is 30.9 Å². The lowest BCUT2D eigenvalue weighted by atomic mass is 9.89. The van der Waals surface area contributed by atoms with Gasteiger partial charge in [-0.3, -0.25) is 4.90 Å². The molecule has 2 atom stereocenters. The van der Waals surface area contributed by atoms with Gasteiger partial charge in [-0.2, -0.15) is 13.2 Å². The van der Waals surface area contributed by atoms with Crippen LogP contribution in [0.5, 0.6) is 0 Å². The molecule has 0 saturated carbocycles. The van der Waals surface area contributed by atoms with Crippen molar-refractivity contribution in [2.24, 2.45) is 5.92 Å². The molecule has 1 N–H and O–H groups in total. The summed E-state index contributed by atoms with van der Waals surface area (Å²) in [4.78, 5) is 2.30. The number of piperazine rings is 1. The average molecular weight is 452 g/mol. The van der Waals surface area contributed by atoms with Gasteiger partial charge >= 0.3 is 6.18 Å². The number of alkyl halides is 3. The lowest BCUT2D eigenvalue weighted by Gasteiger charge is -2.38. The predicted molar refractivity (Wildman–Crippen MR) is 100 cm³/mol. The average Bonchev–Trinajstić information content (AvgIpc) is 2.47. The van der Waals surface area contributed by atoms with Crippen molar-refractivity contribution in [2.75, 3.05) is 26.2 Å². The van der Waals surface area contributed by atoms with Crippen LogP contribution < -0.4 is 5.32 Å². The van der Waals surface area contributed by atoms with Crippen molar-refractivity contribution in [1.82, 2.24) is 10.2 Å². The maximum absolute atomic E-state index is 13.1. The SMILES string of the molecule is CCC(C)[C@@H](c1cc(Br)cc(C(F)(F)F)c1)N1CCNCC1.Cl.Cl. The Morgan fingerprint density at radius 1 is 1.17 bits per heavy atom. The van der Waals surface area contributed by atoms with Crippen LogP contribution >= 0.6 is 40.7 Å². The molecule has 1 aromatic rings. The van der Waals surface area contributed by atoms with Gasteiger partial charge in [-0.25, -0.2) is 0 Å². The van der Waals surface area contributed by atoms with E-state index in [0.717, 1.165) is 44.2 Å². The maximum atomic E-state index is 13.1. The van der Waals surface area contributed by atoms with Gasteiger partial charge in [-0.05, 0) is 29.7 Å². The molecule has 0 radical (unpaired) electrons. The summed E-state index contributed by atoms with van der Waals surface area (Å²) in [6.07, 6.45) is -3.38. The molecular formula is C16H24BrCl2F3N2. The Bertz CT molecular complexity index is 509. The molecule has 0 spiro atoms. The fourth-order valence-electron chi connectivity index (χ4n) is 3.03. The molecule has 0 bridgehead atoms. The second-order valence-corrected chi connectivity index (χ2v) is 6.80. The molecule has 24 heavy (non-hydrogen) atoms. The van der Waals surface area contributed by atoms with Gasteiger partial charge < -0.3 is 5.32 Å². The minimum Gasteiger partial charge on any atom is -0.314 e. The molecule has 1 aliphatic heterocycles. The van der Waals surface area contributed by atoms with Crippen molar-refractivity contribution in [2.45, 2.75) is 32.5 Å². The quantitative estimate of drug-likeness (QED) is 0.667. The zero-order chi connectivity index (χ0) is 16.3. The minimum absolute atomic E-state index is 0. The number of hydrogen-bond donors (Lipinski definition) is 1. The first kappa shape index (κ1) is 24.0. The van der Waals surface area contributed by atoms with Crippen molar-refractivity contribution in [3.8, 4) is 0 Å². The van der Waals surface area contributed by atoms with E-state index in [0.29, 0.717) is 10.4 Å². The number of halogens is 6. The Labute approximate surface area is 162 Å². The predicted octanol–water partition coefficient (Wildman–Crippen LogP) is 5.30. The van der Waals surface area contributed by atoms with Crippen LogP contribution in [-0.2, 0) is 6.18 Å². The van der Waals surface area contributed by atoms with Crippen LogP contribution in [0.4, 0.5) is 13.2 Å². The van der Waals surface area contributed by atoms with Gasteiger partial charge in [0.2, 0.25) is 0 Å². The van der Waals surface area contributed by atoms with Crippen LogP contribution in [0.2, 0.25) is 0 Å². The summed E-state index contributed by atoms with van der Waals surface area (Å²) < 4.78 is 39.8. The first-order chi connectivity index (χ1) is 10.3. The second-order valence-electron chi connectivity index (χ2n) is 5.89. The number of hydrogen-bond acceptors (Lipinski definition) is 2. The van der Waals surface area contributed by atoms with E-state index < -0.39 is 11.7 Å². The topological polar surface area (TPSA) is 15.3 Å². The van der Waals surface area contributed by atoms with Crippen molar-refractivity contribution >= 4 is 40.7 Å². The minimum atomic E-state index is -4.32. The van der Waals surface area contributed by atoms with Crippen LogP contribution in [0.25, 0.3) is 0 Å². The van der Waals surface area contributed by atoms with Crippen molar-refractivity contribution in [3.63, 3.8) is 0 Å². The molecule has 1 fully saturated rings. The molecule has 0 aliphatic carbocycles. The van der Waals surface area contributed by atoms with Gasteiger partial charge in [0, 0.05) is 36.7 Å². The highest BCUT2D eigenvalue weighted by atomic mass is 79.9. The summed E-state index contributed by atoms with van der Waals surface area (Å²) in [7, 11) is 0. The highest BCUT2D eigenvalue weighted by molar-refractivity contribution is 9.10. The maximum Gasteiger partial charge on any atom is 0.416 e. The monoisotopic (exact) mass is 450 g/mol. The van der Waals surface area contributed by atoms with Crippen LogP contribution in [0.3, 0.4) is 0 Å². The van der Waals surface area contributed by atoms with Gasteiger partial charge in [0.1, 0.15) is 0 Å². The van der Waals surface area contributed by atoms with Gasteiger partial charge in [0.05, 0.1) is 5.56 Å². The van der Waals surface area contributed by atoms with Gasteiger partial charge in [0.15, 0.2) is 0 Å². The van der Waals surface area contributed by atoms with E-state index in [1.807, 2.05) is 6.07 Å². The Morgan fingerprint density at radius 3 is 2.25 bits per heavy atom. The lowest BCUT2D eigenvalue weighted by Crippen LogP contribution is -2.46. The zero-order valence-corrected chi connectivity index (χ0v) is 16.9. The molecule has 140 valence electrons. The number of rotatable bonds is 4. The van der Waals surface area contributed by atoms with E-state index in [4.69, 9.17) is 0 Å². The molecule has 0 amide bonds. The van der Waals surface area contributed by atoms with Crippen molar-refractivity contribution < 1.29 is 13.2 Å². The third-order valence-electron chi connectivity index (χ3n) is 4.32. The van der Waals surface area contributed by atoms with E-state index in [9.17, 15) is 13.2 Å². The Kier molecular flexibility index (Phi) is 10.2. The van der Waals surface area contributed by atoms with Gasteiger partial charge in [0.25, 0.3) is 0 Å². The Morgan fingerprint density at radius 2 is 1.75 bits per heavy atom. The molecule has 0 aromatic heterocycles. The summed E-state index contributed by atoms with van der Waals surface area (Å²) >= 11 is 3.24. The third-order valence-corrected chi connectivity index (χ3v) is 4.77. The first-order valence-corrected chi connectivity index (χ1v) is 8.44. The number of nitrogens with one attached hydrogen (secondary N) is 1. The highest BCUT2D eigenvalue weighted by Crippen LogP contribution is 2.37. The van der Waals surface area contributed by atoms with E-state index in [1.54, 1.807) is 0 Å². The highest BCUT2D eigenvalue weighted by Gasteiger charge is 2.33. The van der Waals surface area contributed by atoms with E-state index in [1.165, 1.54) is 6.07 Å². The van der Waals surface area contributed by atoms with E-state index >= 15 is 0 Å². The Balaban J connectivity index is 0.00000264. The standard InChI is InChI=1S/C16H22BrF3N2.2ClH/c1-3-11(2)15(22-6-4-21-5-7-22)12-8-13(16(18,19)20)10-14(17)9-12;;/h8-11,15,21H,3-7H2,1-2H3;2*1H/t11?,15-;;/m0../s1. The fourth-order valence-corrected chi connectivity index (χ4v) is 3.54. The zero-order valence-electron chi connectivity index (χ0n) is 13.7. The van der Waals surface area contributed by atoms with Crippen LogP contribution in [-0.4, -0.2) is 31.1 Å². The van der Waals surface area contributed by atoms with Crippen LogP contribution in [0.1, 0.15) is 37.4 Å². The van der Waals surface area contributed by atoms with Gasteiger partial charge in [-0.15, -0.1) is 24.8 Å². The summed E-state index contributed by atoms with van der Waals surface area (Å²) in [6.45, 7) is 7.69. The summed E-state index contributed by atoms with van der Waals surface area (Å²) in [5.74, 6) is 0.300. The van der Waals surface area contributed by atoms with Crippen LogP contribution in [0, 0.1) is 5.92 Å². The molecular weight excluding hydrogens is 428 g/mol. The lowest BCUT2D eigenvalue weighted by molar-refractivity contribution is -0.137. The van der Waals surface area contributed by atoms with Crippen molar-refractivity contribution in [3.05, 3.63) is 33.8 Å². The molecule has 1 unspecified atom stereocenters. The Hall–Kier alpha value is -0.0100.